The van der Waals surface area contributed by atoms with Gasteiger partial charge in [-0.05, 0) is 38.2 Å². The van der Waals surface area contributed by atoms with Gasteiger partial charge >= 0.3 is 0 Å². The van der Waals surface area contributed by atoms with Gasteiger partial charge in [-0.15, -0.1) is 11.3 Å². The van der Waals surface area contributed by atoms with E-state index in [1.54, 1.807) is 7.11 Å². The number of carbonyl (C=O) groups excluding carboxylic acids is 1. The van der Waals surface area contributed by atoms with Crippen LogP contribution in [0.15, 0.2) is 30.3 Å². The lowest BCUT2D eigenvalue weighted by Crippen LogP contribution is -2.45. The number of hydrogen-bond acceptors (Lipinski definition) is 6. The summed E-state index contributed by atoms with van der Waals surface area (Å²) in [5.74, 6) is 0.783. The number of likely N-dealkylation sites (N-methyl/N-ethyl adjacent to an activating group) is 1. The number of methoxy groups -OCH3 is 1. The number of nitrogens with one attached hydrogen (secondary N) is 1. The van der Waals surface area contributed by atoms with Crippen molar-refractivity contribution < 1.29 is 9.53 Å². The zero-order chi connectivity index (χ0) is 21.1. The SMILES string of the molecule is COc1cccc(-c2nn(C)c3sc(C(=O)NCCCN4CCN(C)CC4)cc23)c1. The molecule has 1 amide bonds. The molecular formula is C22H29N5O2S. The summed E-state index contributed by atoms with van der Waals surface area (Å²) in [7, 11) is 5.74. The van der Waals surface area contributed by atoms with E-state index in [0.29, 0.717) is 6.54 Å². The normalized spacial score (nSPS) is 15.6. The molecule has 0 atom stereocenters. The quantitative estimate of drug-likeness (QED) is 0.588. The minimum atomic E-state index is -0.00818. The second-order valence-corrected chi connectivity index (χ2v) is 8.82. The Kier molecular flexibility index (Phi) is 6.36. The molecule has 30 heavy (non-hydrogen) atoms. The highest BCUT2D eigenvalue weighted by atomic mass is 32.1. The molecule has 0 aliphatic carbocycles. The molecule has 3 heterocycles. The molecular weight excluding hydrogens is 398 g/mol. The molecule has 1 N–H and O–H groups in total. The molecule has 0 spiro atoms. The first-order chi connectivity index (χ1) is 14.5. The second-order valence-electron chi connectivity index (χ2n) is 7.79. The lowest BCUT2D eigenvalue weighted by atomic mass is 10.1. The number of ether oxygens (including phenoxy) is 1. The van der Waals surface area contributed by atoms with Crippen molar-refractivity contribution in [2.45, 2.75) is 6.42 Å². The van der Waals surface area contributed by atoms with Crippen molar-refractivity contribution in [2.75, 3.05) is 53.4 Å². The Labute approximate surface area is 181 Å². The number of carbonyl (C=O) groups is 1. The molecule has 0 saturated carbocycles. The second kappa shape index (κ2) is 9.16. The summed E-state index contributed by atoms with van der Waals surface area (Å²) < 4.78 is 7.19. The fourth-order valence-corrected chi connectivity index (χ4v) is 4.79. The van der Waals surface area contributed by atoms with Crippen molar-refractivity contribution in [3.63, 3.8) is 0 Å². The molecule has 2 aromatic heterocycles. The Hall–Kier alpha value is -2.42. The monoisotopic (exact) mass is 427 g/mol. The Morgan fingerprint density at radius 2 is 2.00 bits per heavy atom. The maximum atomic E-state index is 12.7. The number of rotatable bonds is 7. The molecule has 8 heteroatoms. The standard InChI is InChI=1S/C22H29N5O2S/c1-25-10-12-27(13-11-25)9-5-8-23-21(28)19-15-18-20(24-26(2)22(18)30-19)16-6-4-7-17(14-16)29-3/h4,6-7,14-15H,5,8-13H2,1-3H3,(H,23,28). The fourth-order valence-electron chi connectivity index (χ4n) is 3.80. The van der Waals surface area contributed by atoms with Gasteiger partial charge in [0.05, 0.1) is 12.0 Å². The van der Waals surface area contributed by atoms with Crippen LogP contribution in [-0.2, 0) is 7.05 Å². The lowest BCUT2D eigenvalue weighted by molar-refractivity contribution is 0.0953. The van der Waals surface area contributed by atoms with Crippen LogP contribution >= 0.6 is 11.3 Å². The lowest BCUT2D eigenvalue weighted by Gasteiger charge is -2.32. The maximum absolute atomic E-state index is 12.7. The number of piperazine rings is 1. The molecule has 0 unspecified atom stereocenters. The van der Waals surface area contributed by atoms with Gasteiger partial charge in [-0.3, -0.25) is 9.48 Å². The smallest absolute Gasteiger partial charge is 0.261 e. The molecule has 1 aliphatic heterocycles. The van der Waals surface area contributed by atoms with Crippen molar-refractivity contribution in [3.8, 4) is 17.0 Å². The molecule has 0 radical (unpaired) electrons. The molecule has 1 fully saturated rings. The van der Waals surface area contributed by atoms with Gasteiger partial charge in [-0.1, -0.05) is 12.1 Å². The Morgan fingerprint density at radius 3 is 2.77 bits per heavy atom. The first-order valence-corrected chi connectivity index (χ1v) is 11.2. The Bertz CT molecular complexity index is 1020. The number of amides is 1. The predicted octanol–water partition coefficient (Wildman–Crippen LogP) is 2.68. The third kappa shape index (κ3) is 4.50. The summed E-state index contributed by atoms with van der Waals surface area (Å²) in [5.41, 5.74) is 1.86. The van der Waals surface area contributed by atoms with E-state index in [1.165, 1.54) is 11.3 Å². The van der Waals surface area contributed by atoms with Crippen molar-refractivity contribution in [1.82, 2.24) is 24.9 Å². The zero-order valence-electron chi connectivity index (χ0n) is 17.9. The summed E-state index contributed by atoms with van der Waals surface area (Å²) in [6, 6.07) is 9.81. The number of thiophene rings is 1. The van der Waals surface area contributed by atoms with Crippen LogP contribution in [0.4, 0.5) is 0 Å². The van der Waals surface area contributed by atoms with E-state index in [2.05, 4.69) is 27.3 Å². The van der Waals surface area contributed by atoms with Gasteiger partial charge in [0.15, 0.2) is 0 Å². The molecule has 0 bridgehead atoms. The Balaban J connectivity index is 1.40. The largest absolute Gasteiger partial charge is 0.497 e. The molecule has 4 rings (SSSR count). The van der Waals surface area contributed by atoms with Crippen LogP contribution in [-0.4, -0.2) is 78.9 Å². The van der Waals surface area contributed by atoms with Crippen molar-refractivity contribution in [3.05, 3.63) is 35.2 Å². The predicted molar refractivity (Wildman–Crippen MR) is 121 cm³/mol. The number of aryl methyl sites for hydroxylation is 1. The molecule has 160 valence electrons. The first kappa shape index (κ1) is 20.8. The van der Waals surface area contributed by atoms with E-state index in [9.17, 15) is 4.79 Å². The summed E-state index contributed by atoms with van der Waals surface area (Å²) in [6.07, 6.45) is 0.969. The van der Waals surface area contributed by atoms with Gasteiger partial charge in [0.25, 0.3) is 5.91 Å². The zero-order valence-corrected chi connectivity index (χ0v) is 18.7. The fraction of sp³-hybridized carbons (Fsp3) is 0.455. The molecule has 7 nitrogen and oxygen atoms in total. The molecule has 1 aromatic carbocycles. The van der Waals surface area contributed by atoms with Crippen LogP contribution in [0, 0.1) is 0 Å². The van der Waals surface area contributed by atoms with Gasteiger partial charge in [-0.25, -0.2) is 0 Å². The minimum absolute atomic E-state index is 0.00818. The van der Waals surface area contributed by atoms with E-state index < -0.39 is 0 Å². The van der Waals surface area contributed by atoms with Crippen LogP contribution in [0.1, 0.15) is 16.1 Å². The number of fused-ring (bicyclic) bond motifs is 1. The van der Waals surface area contributed by atoms with Crippen LogP contribution in [0.3, 0.4) is 0 Å². The summed E-state index contributed by atoms with van der Waals surface area (Å²) >= 11 is 1.49. The number of hydrogen-bond donors (Lipinski definition) is 1. The van der Waals surface area contributed by atoms with Gasteiger partial charge in [-0.2, -0.15) is 5.10 Å². The summed E-state index contributed by atoms with van der Waals surface area (Å²) in [5, 5.41) is 8.74. The maximum Gasteiger partial charge on any atom is 0.261 e. The average molecular weight is 428 g/mol. The first-order valence-electron chi connectivity index (χ1n) is 10.3. The Morgan fingerprint density at radius 1 is 1.20 bits per heavy atom. The molecule has 1 aliphatic rings. The van der Waals surface area contributed by atoms with E-state index in [-0.39, 0.29) is 5.91 Å². The van der Waals surface area contributed by atoms with Crippen LogP contribution in [0.5, 0.6) is 5.75 Å². The van der Waals surface area contributed by atoms with E-state index in [4.69, 9.17) is 4.74 Å². The van der Waals surface area contributed by atoms with Crippen molar-refractivity contribution in [2.24, 2.45) is 7.05 Å². The number of benzene rings is 1. The van der Waals surface area contributed by atoms with Gasteiger partial charge in [0.1, 0.15) is 16.3 Å². The third-order valence-corrected chi connectivity index (χ3v) is 6.81. The van der Waals surface area contributed by atoms with Crippen molar-refractivity contribution in [1.29, 1.82) is 0 Å². The van der Waals surface area contributed by atoms with Crippen LogP contribution < -0.4 is 10.1 Å². The molecule has 3 aromatic rings. The van der Waals surface area contributed by atoms with Gasteiger partial charge < -0.3 is 19.9 Å². The van der Waals surface area contributed by atoms with Crippen molar-refractivity contribution >= 4 is 27.5 Å². The molecule has 1 saturated heterocycles. The highest BCUT2D eigenvalue weighted by Gasteiger charge is 2.18. The van der Waals surface area contributed by atoms with E-state index >= 15 is 0 Å². The summed E-state index contributed by atoms with van der Waals surface area (Å²) in [4.78, 5) is 19.2. The van der Waals surface area contributed by atoms with Gasteiger partial charge in [0, 0.05) is 50.7 Å². The minimum Gasteiger partial charge on any atom is -0.497 e. The van der Waals surface area contributed by atoms with Crippen LogP contribution in [0.2, 0.25) is 0 Å². The van der Waals surface area contributed by atoms with Crippen LogP contribution in [0.25, 0.3) is 21.5 Å². The van der Waals surface area contributed by atoms with Gasteiger partial charge in [0.2, 0.25) is 0 Å². The third-order valence-electron chi connectivity index (χ3n) is 5.61. The highest BCUT2D eigenvalue weighted by molar-refractivity contribution is 7.20. The number of nitrogens with zero attached hydrogens (tertiary/aromatic N) is 4. The van der Waals surface area contributed by atoms with E-state index in [1.807, 2.05) is 42.1 Å². The topological polar surface area (TPSA) is 62.6 Å². The van der Waals surface area contributed by atoms with E-state index in [0.717, 1.165) is 71.2 Å². The average Bonchev–Trinajstić information content (AvgIpc) is 3.33. The number of aromatic nitrogens is 2. The summed E-state index contributed by atoms with van der Waals surface area (Å²) in [6.45, 7) is 6.20. The highest BCUT2D eigenvalue weighted by Crippen LogP contribution is 2.34.